The first-order valence-electron chi connectivity index (χ1n) is 4.24. The van der Waals surface area contributed by atoms with E-state index in [1.54, 1.807) is 5.57 Å². The summed E-state index contributed by atoms with van der Waals surface area (Å²) in [6.45, 7) is 2.32. The molecule has 0 saturated carbocycles. The molecule has 0 aromatic rings. The van der Waals surface area contributed by atoms with Gasteiger partial charge < -0.3 is 0 Å². The van der Waals surface area contributed by atoms with Crippen LogP contribution in [0.2, 0.25) is 0 Å². The number of alkyl halides is 1. The standard InChI is InChI=1S/C10H15I/c1-9(8-11)7-10-5-3-2-4-6-10/h3,5-6,9H,2,4,7-8H2,1H3. The Bertz CT molecular complexity index is 168. The molecule has 0 aromatic carbocycles. The second kappa shape index (κ2) is 4.96. The highest BCUT2D eigenvalue weighted by molar-refractivity contribution is 14.1. The van der Waals surface area contributed by atoms with Crippen molar-refractivity contribution < 1.29 is 0 Å². The molecule has 0 heterocycles. The van der Waals surface area contributed by atoms with Crippen molar-refractivity contribution in [1.82, 2.24) is 0 Å². The fourth-order valence-electron chi connectivity index (χ4n) is 1.28. The minimum absolute atomic E-state index is 0.838. The topological polar surface area (TPSA) is 0 Å². The molecule has 1 atom stereocenters. The van der Waals surface area contributed by atoms with Crippen LogP contribution in [-0.2, 0) is 0 Å². The third-order valence-corrected chi connectivity index (χ3v) is 3.42. The summed E-state index contributed by atoms with van der Waals surface area (Å²) in [5, 5.41) is 0. The molecule has 62 valence electrons. The first-order valence-corrected chi connectivity index (χ1v) is 5.77. The third kappa shape index (κ3) is 3.41. The highest BCUT2D eigenvalue weighted by Crippen LogP contribution is 2.18. The van der Waals surface area contributed by atoms with Crippen molar-refractivity contribution in [2.75, 3.05) is 4.43 Å². The van der Waals surface area contributed by atoms with Crippen molar-refractivity contribution in [3.05, 3.63) is 23.8 Å². The molecular formula is C10H15I. The van der Waals surface area contributed by atoms with E-state index in [0.717, 1.165) is 5.92 Å². The van der Waals surface area contributed by atoms with Crippen LogP contribution in [0, 0.1) is 5.92 Å². The molecule has 1 aliphatic carbocycles. The molecule has 0 fully saturated rings. The zero-order valence-corrected chi connectivity index (χ0v) is 9.17. The SMILES string of the molecule is CC(CI)CC1=CCCC=C1. The van der Waals surface area contributed by atoms with Crippen LogP contribution in [0.15, 0.2) is 23.8 Å². The van der Waals surface area contributed by atoms with Crippen LogP contribution in [0.25, 0.3) is 0 Å². The van der Waals surface area contributed by atoms with Gasteiger partial charge >= 0.3 is 0 Å². The van der Waals surface area contributed by atoms with Gasteiger partial charge in [-0.1, -0.05) is 53.3 Å². The van der Waals surface area contributed by atoms with Crippen LogP contribution in [0.4, 0.5) is 0 Å². The number of rotatable bonds is 3. The zero-order chi connectivity index (χ0) is 8.10. The fourth-order valence-corrected chi connectivity index (χ4v) is 1.59. The summed E-state index contributed by atoms with van der Waals surface area (Å²) in [6, 6.07) is 0. The maximum atomic E-state index is 2.46. The van der Waals surface area contributed by atoms with Gasteiger partial charge in [0.25, 0.3) is 0 Å². The van der Waals surface area contributed by atoms with Crippen LogP contribution in [0.1, 0.15) is 26.2 Å². The zero-order valence-electron chi connectivity index (χ0n) is 7.02. The lowest BCUT2D eigenvalue weighted by Crippen LogP contribution is -1.97. The Morgan fingerprint density at radius 3 is 2.91 bits per heavy atom. The van der Waals surface area contributed by atoms with Gasteiger partial charge in [-0.15, -0.1) is 0 Å². The summed E-state index contributed by atoms with van der Waals surface area (Å²) in [7, 11) is 0. The molecule has 1 unspecified atom stereocenters. The summed E-state index contributed by atoms with van der Waals surface area (Å²) in [6.07, 6.45) is 10.7. The van der Waals surface area contributed by atoms with Crippen LogP contribution in [0.3, 0.4) is 0 Å². The van der Waals surface area contributed by atoms with Crippen molar-refractivity contribution in [3.63, 3.8) is 0 Å². The van der Waals surface area contributed by atoms with Gasteiger partial charge in [-0.3, -0.25) is 0 Å². The van der Waals surface area contributed by atoms with Crippen molar-refractivity contribution in [1.29, 1.82) is 0 Å². The van der Waals surface area contributed by atoms with Crippen LogP contribution < -0.4 is 0 Å². The molecule has 0 bridgehead atoms. The Kier molecular flexibility index (Phi) is 4.20. The summed E-state index contributed by atoms with van der Waals surface area (Å²) in [5.41, 5.74) is 1.54. The van der Waals surface area contributed by atoms with Gasteiger partial charge in [0.15, 0.2) is 0 Å². The van der Waals surface area contributed by atoms with Gasteiger partial charge in [-0.25, -0.2) is 0 Å². The van der Waals surface area contributed by atoms with E-state index in [1.165, 1.54) is 23.7 Å². The molecule has 1 heteroatoms. The van der Waals surface area contributed by atoms with E-state index < -0.39 is 0 Å². The van der Waals surface area contributed by atoms with Gasteiger partial charge in [0, 0.05) is 4.43 Å². The van der Waals surface area contributed by atoms with Crippen LogP contribution in [-0.4, -0.2) is 4.43 Å². The first kappa shape index (κ1) is 9.30. The summed E-state index contributed by atoms with van der Waals surface area (Å²) >= 11 is 2.46. The van der Waals surface area contributed by atoms with Crippen LogP contribution >= 0.6 is 22.6 Å². The Balaban J connectivity index is 2.36. The molecule has 0 aliphatic heterocycles. The molecular weight excluding hydrogens is 247 g/mol. The van der Waals surface area contributed by atoms with E-state index in [1.807, 2.05) is 0 Å². The van der Waals surface area contributed by atoms with Crippen molar-refractivity contribution in [3.8, 4) is 0 Å². The Morgan fingerprint density at radius 1 is 1.55 bits per heavy atom. The molecule has 1 aliphatic rings. The fraction of sp³-hybridized carbons (Fsp3) is 0.600. The number of halogens is 1. The third-order valence-electron chi connectivity index (χ3n) is 1.92. The average molecular weight is 262 g/mol. The predicted molar refractivity (Wildman–Crippen MR) is 59.1 cm³/mol. The lowest BCUT2D eigenvalue weighted by Gasteiger charge is -2.10. The lowest BCUT2D eigenvalue weighted by molar-refractivity contribution is 0.667. The minimum Gasteiger partial charge on any atom is -0.0861 e. The van der Waals surface area contributed by atoms with Gasteiger partial charge in [0.2, 0.25) is 0 Å². The summed E-state index contributed by atoms with van der Waals surface area (Å²) in [5.74, 6) is 0.838. The highest BCUT2D eigenvalue weighted by Gasteiger charge is 2.03. The van der Waals surface area contributed by atoms with Gasteiger partial charge in [-0.2, -0.15) is 0 Å². The molecule has 0 nitrogen and oxygen atoms in total. The second-order valence-electron chi connectivity index (χ2n) is 3.22. The predicted octanol–water partition coefficient (Wildman–Crippen LogP) is 3.72. The number of hydrogen-bond donors (Lipinski definition) is 0. The largest absolute Gasteiger partial charge is 0.0861 e. The maximum Gasteiger partial charge on any atom is 0.00242 e. The monoisotopic (exact) mass is 262 g/mol. The molecule has 0 spiro atoms. The van der Waals surface area contributed by atoms with Crippen molar-refractivity contribution >= 4 is 22.6 Å². The number of hydrogen-bond acceptors (Lipinski definition) is 0. The smallest absolute Gasteiger partial charge is 0.00242 e. The van der Waals surface area contributed by atoms with Crippen molar-refractivity contribution in [2.24, 2.45) is 5.92 Å². The Hall–Kier alpha value is 0.210. The Morgan fingerprint density at radius 2 is 2.36 bits per heavy atom. The average Bonchev–Trinajstić information content (AvgIpc) is 2.06. The molecule has 0 saturated heterocycles. The van der Waals surface area contributed by atoms with Gasteiger partial charge in [0.05, 0.1) is 0 Å². The second-order valence-corrected chi connectivity index (χ2v) is 4.10. The minimum atomic E-state index is 0.838. The molecule has 0 radical (unpaired) electrons. The molecule has 0 aromatic heterocycles. The molecule has 0 amide bonds. The number of allylic oxidation sites excluding steroid dienone is 4. The normalized spacial score (nSPS) is 19.6. The highest BCUT2D eigenvalue weighted by atomic mass is 127. The molecule has 11 heavy (non-hydrogen) atoms. The molecule has 1 rings (SSSR count). The van der Waals surface area contributed by atoms with Gasteiger partial charge in [0.1, 0.15) is 0 Å². The van der Waals surface area contributed by atoms with Crippen LogP contribution in [0.5, 0.6) is 0 Å². The molecule has 0 N–H and O–H groups in total. The Labute approximate surface area is 82.9 Å². The quantitative estimate of drug-likeness (QED) is 0.537. The summed E-state index contributed by atoms with van der Waals surface area (Å²) < 4.78 is 1.27. The first-order chi connectivity index (χ1) is 5.33. The van der Waals surface area contributed by atoms with E-state index in [9.17, 15) is 0 Å². The van der Waals surface area contributed by atoms with E-state index in [4.69, 9.17) is 0 Å². The maximum absolute atomic E-state index is 2.46. The summed E-state index contributed by atoms with van der Waals surface area (Å²) in [4.78, 5) is 0. The van der Waals surface area contributed by atoms with Gasteiger partial charge in [-0.05, 0) is 25.2 Å². The van der Waals surface area contributed by atoms with E-state index >= 15 is 0 Å². The van der Waals surface area contributed by atoms with E-state index in [0.29, 0.717) is 0 Å². The van der Waals surface area contributed by atoms with E-state index in [2.05, 4.69) is 47.7 Å². The lowest BCUT2D eigenvalue weighted by atomic mass is 9.98. The van der Waals surface area contributed by atoms with Crippen molar-refractivity contribution in [2.45, 2.75) is 26.2 Å². The van der Waals surface area contributed by atoms with E-state index in [-0.39, 0.29) is 0 Å².